The van der Waals surface area contributed by atoms with E-state index in [1.165, 1.54) is 12.1 Å². The zero-order chi connectivity index (χ0) is 13.1. The van der Waals surface area contributed by atoms with Crippen LogP contribution in [0.5, 0.6) is 0 Å². The van der Waals surface area contributed by atoms with Crippen molar-refractivity contribution in [1.82, 2.24) is 0 Å². The van der Waals surface area contributed by atoms with Gasteiger partial charge in [-0.05, 0) is 42.8 Å². The molecule has 0 aliphatic heterocycles. The lowest BCUT2D eigenvalue weighted by Gasteiger charge is -2.24. The summed E-state index contributed by atoms with van der Waals surface area (Å²) in [5, 5.41) is 0. The van der Waals surface area contributed by atoms with E-state index in [1.807, 2.05) is 49.2 Å². The van der Waals surface area contributed by atoms with Crippen LogP contribution in [0.4, 0.5) is 15.8 Å². The first-order valence-electron chi connectivity index (χ1n) is 5.93. The first-order valence-corrected chi connectivity index (χ1v) is 5.93. The predicted molar refractivity (Wildman–Crippen MR) is 73.5 cm³/mol. The molecule has 0 aliphatic carbocycles. The van der Waals surface area contributed by atoms with E-state index in [4.69, 9.17) is 5.73 Å². The Morgan fingerprint density at radius 1 is 1.11 bits per heavy atom. The summed E-state index contributed by atoms with van der Waals surface area (Å²) >= 11 is 0. The first kappa shape index (κ1) is 12.6. The molecule has 18 heavy (non-hydrogen) atoms. The quantitative estimate of drug-likeness (QED) is 0.893. The monoisotopic (exact) mass is 244 g/mol. The summed E-state index contributed by atoms with van der Waals surface area (Å²) in [6.45, 7) is 1.86. The molecule has 0 spiro atoms. The summed E-state index contributed by atoms with van der Waals surface area (Å²) < 4.78 is 13.3. The molecule has 0 fully saturated rings. The minimum Gasteiger partial charge on any atom is -0.344 e. The van der Waals surface area contributed by atoms with E-state index in [9.17, 15) is 4.39 Å². The molecule has 0 amide bonds. The Morgan fingerprint density at radius 2 is 1.78 bits per heavy atom. The third-order valence-corrected chi connectivity index (χ3v) is 2.98. The van der Waals surface area contributed by atoms with E-state index in [1.54, 1.807) is 6.07 Å². The van der Waals surface area contributed by atoms with Gasteiger partial charge in [0, 0.05) is 24.5 Å². The SMILES string of the molecule is CC(N)c1cc(F)ccc1N(C)c1ccccc1. The van der Waals surface area contributed by atoms with Crippen LogP contribution < -0.4 is 10.6 Å². The highest BCUT2D eigenvalue weighted by Gasteiger charge is 2.12. The van der Waals surface area contributed by atoms with Gasteiger partial charge in [-0.2, -0.15) is 0 Å². The molecule has 1 unspecified atom stereocenters. The molecule has 0 saturated carbocycles. The van der Waals surface area contributed by atoms with Gasteiger partial charge >= 0.3 is 0 Å². The van der Waals surface area contributed by atoms with Crippen LogP contribution in [-0.4, -0.2) is 7.05 Å². The molecule has 0 radical (unpaired) electrons. The molecule has 0 aliphatic rings. The summed E-state index contributed by atoms with van der Waals surface area (Å²) in [5.74, 6) is -0.257. The van der Waals surface area contributed by atoms with Crippen LogP contribution in [0.2, 0.25) is 0 Å². The number of nitrogens with zero attached hydrogens (tertiary/aromatic N) is 1. The molecule has 2 nitrogen and oxygen atoms in total. The molecule has 1 atom stereocenters. The number of benzene rings is 2. The predicted octanol–water partition coefficient (Wildman–Crippen LogP) is 3.61. The summed E-state index contributed by atoms with van der Waals surface area (Å²) in [6, 6.07) is 14.4. The molecule has 0 saturated heterocycles. The molecule has 0 bridgehead atoms. The lowest BCUT2D eigenvalue weighted by Crippen LogP contribution is -2.15. The minimum absolute atomic E-state index is 0.207. The second-order valence-corrected chi connectivity index (χ2v) is 4.39. The van der Waals surface area contributed by atoms with Gasteiger partial charge in [-0.3, -0.25) is 0 Å². The average Bonchev–Trinajstić information content (AvgIpc) is 2.39. The van der Waals surface area contributed by atoms with Gasteiger partial charge in [0.2, 0.25) is 0 Å². The van der Waals surface area contributed by atoms with Crippen LogP contribution in [0.25, 0.3) is 0 Å². The third-order valence-electron chi connectivity index (χ3n) is 2.98. The van der Waals surface area contributed by atoms with E-state index < -0.39 is 0 Å². The smallest absolute Gasteiger partial charge is 0.123 e. The number of hydrogen-bond donors (Lipinski definition) is 1. The van der Waals surface area contributed by atoms with Crippen LogP contribution in [-0.2, 0) is 0 Å². The van der Waals surface area contributed by atoms with Gasteiger partial charge in [0.1, 0.15) is 5.82 Å². The molecule has 2 rings (SSSR count). The number of anilines is 2. The summed E-state index contributed by atoms with van der Waals surface area (Å²) in [5.41, 5.74) is 8.69. The summed E-state index contributed by atoms with van der Waals surface area (Å²) in [4.78, 5) is 2.01. The lowest BCUT2D eigenvalue weighted by atomic mass is 10.1. The van der Waals surface area contributed by atoms with Crippen molar-refractivity contribution in [3.63, 3.8) is 0 Å². The number of nitrogens with two attached hydrogens (primary N) is 1. The van der Waals surface area contributed by atoms with E-state index in [-0.39, 0.29) is 11.9 Å². The second kappa shape index (κ2) is 5.19. The highest BCUT2D eigenvalue weighted by Crippen LogP contribution is 2.30. The van der Waals surface area contributed by atoms with Crippen molar-refractivity contribution in [3.05, 3.63) is 59.9 Å². The van der Waals surface area contributed by atoms with Gasteiger partial charge in [-0.1, -0.05) is 18.2 Å². The van der Waals surface area contributed by atoms with Crippen molar-refractivity contribution < 1.29 is 4.39 Å². The van der Waals surface area contributed by atoms with Gasteiger partial charge in [0.15, 0.2) is 0 Å². The fraction of sp³-hybridized carbons (Fsp3) is 0.200. The van der Waals surface area contributed by atoms with Gasteiger partial charge in [-0.25, -0.2) is 4.39 Å². The molecular weight excluding hydrogens is 227 g/mol. The second-order valence-electron chi connectivity index (χ2n) is 4.39. The fourth-order valence-corrected chi connectivity index (χ4v) is 1.99. The Hall–Kier alpha value is -1.87. The maximum absolute atomic E-state index is 13.3. The molecular formula is C15H17FN2. The third kappa shape index (κ3) is 2.51. The Balaban J connectivity index is 2.45. The topological polar surface area (TPSA) is 29.3 Å². The highest BCUT2D eigenvalue weighted by molar-refractivity contribution is 5.66. The van der Waals surface area contributed by atoms with Crippen LogP contribution in [0, 0.1) is 5.82 Å². The van der Waals surface area contributed by atoms with Crippen LogP contribution >= 0.6 is 0 Å². The van der Waals surface area contributed by atoms with Crippen molar-refractivity contribution in [3.8, 4) is 0 Å². The Kier molecular flexibility index (Phi) is 3.63. The number of halogens is 1. The minimum atomic E-state index is -0.257. The molecule has 94 valence electrons. The van der Waals surface area contributed by atoms with Gasteiger partial charge < -0.3 is 10.6 Å². The molecule has 0 aromatic heterocycles. The van der Waals surface area contributed by atoms with Crippen LogP contribution in [0.1, 0.15) is 18.5 Å². The Labute approximate surface area is 107 Å². The first-order chi connectivity index (χ1) is 8.59. The van der Waals surface area contributed by atoms with E-state index >= 15 is 0 Å². The Bertz CT molecular complexity index is 523. The molecule has 2 aromatic rings. The maximum atomic E-state index is 13.3. The number of hydrogen-bond acceptors (Lipinski definition) is 2. The zero-order valence-electron chi connectivity index (χ0n) is 10.6. The fourth-order valence-electron chi connectivity index (χ4n) is 1.99. The summed E-state index contributed by atoms with van der Waals surface area (Å²) in [7, 11) is 1.95. The number of rotatable bonds is 3. The van der Waals surface area contributed by atoms with E-state index in [0.717, 1.165) is 16.9 Å². The van der Waals surface area contributed by atoms with Gasteiger partial charge in [-0.15, -0.1) is 0 Å². The summed E-state index contributed by atoms with van der Waals surface area (Å²) in [6.07, 6.45) is 0. The molecule has 2 aromatic carbocycles. The van der Waals surface area contributed by atoms with Crippen molar-refractivity contribution in [2.45, 2.75) is 13.0 Å². The largest absolute Gasteiger partial charge is 0.344 e. The standard InChI is InChI=1S/C15H17FN2/c1-11(17)14-10-12(16)8-9-15(14)18(2)13-6-4-3-5-7-13/h3-11H,17H2,1-2H3. The maximum Gasteiger partial charge on any atom is 0.123 e. The van der Waals surface area contributed by atoms with Gasteiger partial charge in [0.25, 0.3) is 0 Å². The van der Waals surface area contributed by atoms with E-state index in [2.05, 4.69) is 0 Å². The Morgan fingerprint density at radius 3 is 2.39 bits per heavy atom. The average molecular weight is 244 g/mol. The van der Waals surface area contributed by atoms with Crippen molar-refractivity contribution >= 4 is 11.4 Å². The highest BCUT2D eigenvalue weighted by atomic mass is 19.1. The molecule has 3 heteroatoms. The van der Waals surface area contributed by atoms with Crippen molar-refractivity contribution in [1.29, 1.82) is 0 Å². The van der Waals surface area contributed by atoms with E-state index in [0.29, 0.717) is 0 Å². The van der Waals surface area contributed by atoms with Crippen LogP contribution in [0.3, 0.4) is 0 Å². The van der Waals surface area contributed by atoms with Crippen molar-refractivity contribution in [2.24, 2.45) is 5.73 Å². The molecule has 0 heterocycles. The van der Waals surface area contributed by atoms with Crippen LogP contribution in [0.15, 0.2) is 48.5 Å². The normalized spacial score (nSPS) is 12.2. The lowest BCUT2D eigenvalue weighted by molar-refractivity contribution is 0.622. The zero-order valence-corrected chi connectivity index (χ0v) is 10.6. The molecule has 2 N–H and O–H groups in total. The van der Waals surface area contributed by atoms with Gasteiger partial charge in [0.05, 0.1) is 0 Å². The van der Waals surface area contributed by atoms with Crippen molar-refractivity contribution in [2.75, 3.05) is 11.9 Å². The number of para-hydroxylation sites is 1.